The third kappa shape index (κ3) is 5.07. The Bertz CT molecular complexity index is 3200. The Morgan fingerprint density at radius 3 is 1.62 bits per heavy atom. The molecule has 11 aromatic rings. The number of para-hydroxylation sites is 2. The Morgan fingerprint density at radius 1 is 0.345 bits per heavy atom. The topological polar surface area (TPSA) is 42.7 Å². The molecule has 3 heterocycles. The van der Waals surface area contributed by atoms with Crippen LogP contribution in [0, 0.1) is 6.92 Å². The lowest BCUT2D eigenvalue weighted by Crippen LogP contribution is -2.10. The van der Waals surface area contributed by atoms with Crippen molar-refractivity contribution in [2.75, 3.05) is 4.90 Å². The quantitative estimate of drug-likeness (QED) is 0.173. The van der Waals surface area contributed by atoms with E-state index in [4.69, 9.17) is 13.3 Å². The summed E-state index contributed by atoms with van der Waals surface area (Å²) in [5, 5.41) is 5.46. The van der Waals surface area contributed by atoms with E-state index >= 15 is 0 Å². The summed E-state index contributed by atoms with van der Waals surface area (Å²) >= 11 is 0. The highest BCUT2D eigenvalue weighted by atomic mass is 16.3. The van der Waals surface area contributed by atoms with Crippen molar-refractivity contribution >= 4 is 71.9 Å². The fourth-order valence-electron chi connectivity index (χ4n) is 8.29. The maximum atomic E-state index is 6.62. The number of hydrogen-bond donors (Lipinski definition) is 0. The monoisotopic (exact) mass is 707 g/mol. The van der Waals surface area contributed by atoms with Gasteiger partial charge in [0.1, 0.15) is 33.7 Å². The maximum Gasteiger partial charge on any atom is 0.138 e. The first-order valence-corrected chi connectivity index (χ1v) is 18.6. The minimum Gasteiger partial charge on any atom is -0.456 e. The molecule has 0 unspecified atom stereocenters. The first-order chi connectivity index (χ1) is 27.2. The van der Waals surface area contributed by atoms with Crippen LogP contribution in [0.25, 0.3) is 88.4 Å². The Morgan fingerprint density at radius 2 is 0.873 bits per heavy atom. The van der Waals surface area contributed by atoms with Gasteiger partial charge in [0.15, 0.2) is 0 Å². The average molecular weight is 708 g/mol. The second-order valence-electron chi connectivity index (χ2n) is 14.1. The average Bonchev–Trinajstić information content (AvgIpc) is 3.92. The zero-order chi connectivity index (χ0) is 36.5. The van der Waals surface area contributed by atoms with E-state index in [1.807, 2.05) is 36.4 Å². The van der Waals surface area contributed by atoms with Crippen molar-refractivity contribution in [3.8, 4) is 33.6 Å². The van der Waals surface area contributed by atoms with E-state index < -0.39 is 0 Å². The van der Waals surface area contributed by atoms with Crippen LogP contribution in [-0.2, 0) is 0 Å². The van der Waals surface area contributed by atoms with Gasteiger partial charge in [0.05, 0.1) is 0 Å². The number of hydrogen-bond acceptors (Lipinski definition) is 4. The highest BCUT2D eigenvalue weighted by molar-refractivity contribution is 6.19. The van der Waals surface area contributed by atoms with Crippen molar-refractivity contribution in [3.05, 3.63) is 188 Å². The SMILES string of the molecule is Cc1c(-c2ccc(N(c3ccc(-c4ccccc4)c(-c4ccccc4)c3)c3ccc4oc5ccccc5c4c3)cc2)oc2ccc3oc4ccccc4c3c12. The van der Waals surface area contributed by atoms with Crippen molar-refractivity contribution in [3.63, 3.8) is 0 Å². The van der Waals surface area contributed by atoms with Crippen LogP contribution in [0.5, 0.6) is 0 Å². The Balaban J connectivity index is 1.08. The van der Waals surface area contributed by atoms with Crippen LogP contribution in [0.1, 0.15) is 5.56 Å². The zero-order valence-corrected chi connectivity index (χ0v) is 30.0. The number of anilines is 3. The molecule has 0 bridgehead atoms. The van der Waals surface area contributed by atoms with Gasteiger partial charge in [-0.1, -0.05) is 103 Å². The largest absolute Gasteiger partial charge is 0.456 e. The van der Waals surface area contributed by atoms with E-state index in [0.29, 0.717) is 0 Å². The van der Waals surface area contributed by atoms with Gasteiger partial charge in [0.2, 0.25) is 0 Å². The number of fused-ring (bicyclic) bond motifs is 8. The summed E-state index contributed by atoms with van der Waals surface area (Å²) in [6.45, 7) is 2.15. The summed E-state index contributed by atoms with van der Waals surface area (Å²) in [5.41, 5.74) is 14.2. The second kappa shape index (κ2) is 12.4. The van der Waals surface area contributed by atoms with Crippen LogP contribution in [0.3, 0.4) is 0 Å². The lowest BCUT2D eigenvalue weighted by atomic mass is 9.93. The van der Waals surface area contributed by atoms with Crippen molar-refractivity contribution in [1.82, 2.24) is 0 Å². The van der Waals surface area contributed by atoms with Crippen molar-refractivity contribution in [2.24, 2.45) is 0 Å². The molecule has 55 heavy (non-hydrogen) atoms. The molecular formula is C51H33NO3. The van der Waals surface area contributed by atoms with E-state index in [-0.39, 0.29) is 0 Å². The van der Waals surface area contributed by atoms with E-state index in [9.17, 15) is 0 Å². The summed E-state index contributed by atoms with van der Waals surface area (Å²) in [6, 6.07) is 63.7. The number of benzene rings is 8. The van der Waals surface area contributed by atoms with Crippen LogP contribution < -0.4 is 4.90 Å². The Kier molecular flexibility index (Phi) is 7.04. The molecule has 11 rings (SSSR count). The van der Waals surface area contributed by atoms with Gasteiger partial charge in [-0.2, -0.15) is 0 Å². The third-order valence-corrected chi connectivity index (χ3v) is 10.9. The standard InChI is InChI=1S/C51H33NO3/c1-32-49-47(28-29-48-50(49)41-17-9-11-19-45(41)54-48)55-51(32)35-20-22-36(23-21-35)52(38-25-27-46-43(31-38)40-16-8-10-18-44(40)53-46)37-24-26-39(33-12-4-2-5-13-33)42(30-37)34-14-6-3-7-15-34/h2-31H,1H3. The van der Waals surface area contributed by atoms with Crippen molar-refractivity contribution < 1.29 is 13.3 Å². The van der Waals surface area contributed by atoms with E-state index in [0.717, 1.165) is 99.9 Å². The summed E-state index contributed by atoms with van der Waals surface area (Å²) in [5.74, 6) is 0.857. The molecule has 0 spiro atoms. The zero-order valence-electron chi connectivity index (χ0n) is 30.0. The van der Waals surface area contributed by atoms with Crippen LogP contribution in [0.15, 0.2) is 195 Å². The highest BCUT2D eigenvalue weighted by Crippen LogP contribution is 2.45. The molecule has 4 heteroatoms. The van der Waals surface area contributed by atoms with E-state index in [1.165, 1.54) is 11.1 Å². The molecule has 8 aromatic carbocycles. The molecule has 0 aliphatic carbocycles. The van der Waals surface area contributed by atoms with Crippen molar-refractivity contribution in [1.29, 1.82) is 0 Å². The molecule has 0 amide bonds. The lowest BCUT2D eigenvalue weighted by molar-refractivity contribution is 0.628. The third-order valence-electron chi connectivity index (χ3n) is 10.9. The minimum atomic E-state index is 0.852. The van der Waals surface area contributed by atoms with E-state index in [2.05, 4.69) is 157 Å². The highest BCUT2D eigenvalue weighted by Gasteiger charge is 2.21. The Labute approximate surface area is 317 Å². The summed E-state index contributed by atoms with van der Waals surface area (Å²) in [6.07, 6.45) is 0. The van der Waals surface area contributed by atoms with Crippen LogP contribution >= 0.6 is 0 Å². The molecule has 0 aliphatic heterocycles. The molecule has 0 saturated carbocycles. The molecule has 4 nitrogen and oxygen atoms in total. The number of nitrogens with zero attached hydrogens (tertiary/aromatic N) is 1. The maximum absolute atomic E-state index is 6.62. The predicted octanol–water partition coefficient (Wildman–Crippen LogP) is 15.0. The minimum absolute atomic E-state index is 0.852. The molecular weight excluding hydrogens is 675 g/mol. The molecule has 0 fully saturated rings. The van der Waals surface area contributed by atoms with Crippen molar-refractivity contribution in [2.45, 2.75) is 6.92 Å². The van der Waals surface area contributed by atoms with Crippen LogP contribution in [0.4, 0.5) is 17.1 Å². The first-order valence-electron chi connectivity index (χ1n) is 18.6. The second-order valence-corrected chi connectivity index (χ2v) is 14.1. The number of aryl methyl sites for hydroxylation is 1. The smallest absolute Gasteiger partial charge is 0.138 e. The molecule has 0 saturated heterocycles. The van der Waals surface area contributed by atoms with Crippen LogP contribution in [0.2, 0.25) is 0 Å². The molecule has 0 aliphatic rings. The van der Waals surface area contributed by atoms with Gasteiger partial charge < -0.3 is 18.2 Å². The van der Waals surface area contributed by atoms with Gasteiger partial charge in [0, 0.05) is 55.1 Å². The summed E-state index contributed by atoms with van der Waals surface area (Å²) in [4.78, 5) is 2.33. The molecule has 0 atom stereocenters. The fraction of sp³-hybridized carbons (Fsp3) is 0.0196. The van der Waals surface area contributed by atoms with E-state index in [1.54, 1.807) is 0 Å². The van der Waals surface area contributed by atoms with Gasteiger partial charge in [0.25, 0.3) is 0 Å². The summed E-state index contributed by atoms with van der Waals surface area (Å²) < 4.78 is 19.1. The number of furan rings is 3. The molecule has 260 valence electrons. The van der Waals surface area contributed by atoms with Gasteiger partial charge in [-0.25, -0.2) is 0 Å². The molecule has 0 N–H and O–H groups in total. The summed E-state index contributed by atoms with van der Waals surface area (Å²) in [7, 11) is 0. The Hall–Kier alpha value is -7.30. The fourth-order valence-corrected chi connectivity index (χ4v) is 8.29. The van der Waals surface area contributed by atoms with Crippen LogP contribution in [-0.4, -0.2) is 0 Å². The van der Waals surface area contributed by atoms with Gasteiger partial charge in [-0.05, 0) is 108 Å². The van der Waals surface area contributed by atoms with Gasteiger partial charge >= 0.3 is 0 Å². The van der Waals surface area contributed by atoms with Gasteiger partial charge in [-0.15, -0.1) is 0 Å². The van der Waals surface area contributed by atoms with Gasteiger partial charge in [-0.3, -0.25) is 0 Å². The normalized spacial score (nSPS) is 11.7. The lowest BCUT2D eigenvalue weighted by Gasteiger charge is -2.27. The first kappa shape index (κ1) is 31.2. The molecule has 3 aromatic heterocycles. The molecule has 0 radical (unpaired) electrons. The predicted molar refractivity (Wildman–Crippen MR) is 226 cm³/mol. The number of rotatable bonds is 6.